The molecule has 2 aliphatic carbocycles. The lowest BCUT2D eigenvalue weighted by Gasteiger charge is -2.29. The molecular weight excluding hydrogens is 645 g/mol. The van der Waals surface area contributed by atoms with Gasteiger partial charge in [0, 0.05) is 48.5 Å². The van der Waals surface area contributed by atoms with Crippen LogP contribution in [0.25, 0.3) is 0 Å². The molecule has 0 unspecified atom stereocenters. The third kappa shape index (κ3) is 9.03. The first kappa shape index (κ1) is 36.4. The number of Topliss-reactive ketones (excluding diaryl/α,β-unsaturated/α-hetero) is 2. The fraction of sp³-hybridized carbons (Fsp3) is 0.395. The molecule has 6 rings (SSSR count). The van der Waals surface area contributed by atoms with Gasteiger partial charge in [0.25, 0.3) is 0 Å². The van der Waals surface area contributed by atoms with Crippen LogP contribution in [0.1, 0.15) is 94.9 Å². The number of nitrogens with two attached hydrogens (primary N) is 1. The molecular formula is C38H41F3N6O3. The van der Waals surface area contributed by atoms with Crippen LogP contribution in [-0.4, -0.2) is 56.7 Å². The zero-order valence-corrected chi connectivity index (χ0v) is 27.8. The largest absolute Gasteiger partial charge is 0.471 e. The number of benzene rings is 2. The van der Waals surface area contributed by atoms with E-state index in [0.717, 1.165) is 37.9 Å². The zero-order chi connectivity index (χ0) is 35.6. The second-order valence-corrected chi connectivity index (χ2v) is 13.1. The number of ketones is 2. The van der Waals surface area contributed by atoms with Gasteiger partial charge in [0.2, 0.25) is 0 Å². The molecule has 2 aromatic heterocycles. The molecule has 0 aliphatic heterocycles. The molecule has 1 amide bonds. The van der Waals surface area contributed by atoms with Gasteiger partial charge in [0.05, 0.1) is 24.2 Å². The minimum atomic E-state index is -5.02. The van der Waals surface area contributed by atoms with E-state index in [-0.39, 0.29) is 28.7 Å². The lowest BCUT2D eigenvalue weighted by Crippen LogP contribution is -2.39. The van der Waals surface area contributed by atoms with Gasteiger partial charge in [-0.3, -0.25) is 14.4 Å². The van der Waals surface area contributed by atoms with Gasteiger partial charge in [-0.1, -0.05) is 86.3 Å². The lowest BCUT2D eigenvalue weighted by molar-refractivity contribution is -0.173. The predicted octanol–water partition coefficient (Wildman–Crippen LogP) is 6.06. The first-order valence-electron chi connectivity index (χ1n) is 16.9. The number of alkyl halides is 3. The summed E-state index contributed by atoms with van der Waals surface area (Å²) < 4.78 is 36.5. The first-order valence-corrected chi connectivity index (χ1v) is 16.9. The Morgan fingerprint density at radius 1 is 0.640 bits per heavy atom. The van der Waals surface area contributed by atoms with E-state index >= 15 is 0 Å². The van der Waals surface area contributed by atoms with E-state index in [1.165, 1.54) is 49.2 Å². The van der Waals surface area contributed by atoms with Gasteiger partial charge in [0.15, 0.2) is 11.6 Å². The Morgan fingerprint density at radius 3 is 1.38 bits per heavy atom. The zero-order valence-electron chi connectivity index (χ0n) is 27.8. The second kappa shape index (κ2) is 16.2. The Labute approximate surface area is 289 Å². The van der Waals surface area contributed by atoms with Gasteiger partial charge in [0.1, 0.15) is 11.6 Å². The summed E-state index contributed by atoms with van der Waals surface area (Å²) in [4.78, 5) is 51.6. The molecule has 4 aromatic rings. The quantitative estimate of drug-likeness (QED) is 0.181. The topological polar surface area (TPSA) is 141 Å². The van der Waals surface area contributed by atoms with Crippen molar-refractivity contribution in [1.82, 2.24) is 25.3 Å². The minimum absolute atomic E-state index is 0.00331. The molecule has 2 aliphatic rings. The van der Waals surface area contributed by atoms with Crippen LogP contribution in [0.3, 0.4) is 0 Å². The number of hydrogen-bond donors (Lipinski definition) is 2. The SMILES string of the molecule is NCC(=O)c1cnc(CC2(c3ccccc3)CCCC2)nc1.O=C(CNC(=O)C(F)(F)F)c1cnc(CC2(c3ccccc3)CCCC2)nc1. The molecule has 262 valence electrons. The summed E-state index contributed by atoms with van der Waals surface area (Å²) in [6, 6.07) is 20.9. The number of aromatic nitrogens is 4. The van der Waals surface area contributed by atoms with E-state index < -0.39 is 24.4 Å². The molecule has 50 heavy (non-hydrogen) atoms. The third-order valence-electron chi connectivity index (χ3n) is 9.79. The van der Waals surface area contributed by atoms with Crippen molar-refractivity contribution in [3.05, 3.63) is 119 Å². The van der Waals surface area contributed by atoms with Crippen molar-refractivity contribution < 1.29 is 27.6 Å². The molecule has 0 spiro atoms. The van der Waals surface area contributed by atoms with Gasteiger partial charge in [-0.05, 0) is 36.8 Å². The van der Waals surface area contributed by atoms with Gasteiger partial charge >= 0.3 is 12.1 Å². The molecule has 9 nitrogen and oxygen atoms in total. The maximum Gasteiger partial charge on any atom is 0.471 e. The van der Waals surface area contributed by atoms with Gasteiger partial charge in [-0.2, -0.15) is 13.2 Å². The molecule has 2 heterocycles. The fourth-order valence-electron chi connectivity index (χ4n) is 7.09. The van der Waals surface area contributed by atoms with Gasteiger partial charge in [-0.25, -0.2) is 19.9 Å². The molecule has 2 saturated carbocycles. The van der Waals surface area contributed by atoms with E-state index in [9.17, 15) is 27.6 Å². The highest BCUT2D eigenvalue weighted by molar-refractivity contribution is 5.99. The predicted molar refractivity (Wildman–Crippen MR) is 181 cm³/mol. The van der Waals surface area contributed by atoms with Gasteiger partial charge < -0.3 is 11.1 Å². The molecule has 2 aromatic carbocycles. The second-order valence-electron chi connectivity index (χ2n) is 13.1. The van der Waals surface area contributed by atoms with Crippen molar-refractivity contribution in [3.63, 3.8) is 0 Å². The van der Waals surface area contributed by atoms with Crippen LogP contribution in [0.4, 0.5) is 13.2 Å². The Hall–Kier alpha value is -4.84. The highest BCUT2D eigenvalue weighted by atomic mass is 19.4. The number of carbonyl (C=O) groups excluding carboxylic acids is 3. The summed E-state index contributed by atoms with van der Waals surface area (Å²) in [6.45, 7) is -0.758. The van der Waals surface area contributed by atoms with E-state index in [2.05, 4.69) is 62.4 Å². The van der Waals surface area contributed by atoms with Crippen LogP contribution >= 0.6 is 0 Å². The standard InChI is InChI=1S/C20H20F3N3O2.C18H21N3O/c21-20(22,23)18(28)26-13-16(27)14-11-24-17(25-12-14)10-19(8-4-5-9-19)15-6-2-1-3-7-15;19-11-16(22)14-12-20-17(21-13-14)10-18(8-4-5-9-18)15-6-2-1-3-7-15/h1-3,6-7,11-12H,4-5,8-10,13H2,(H,26,28);1-3,6-7,12-13H,4-5,8-11,19H2. The molecule has 3 N–H and O–H groups in total. The van der Waals surface area contributed by atoms with Gasteiger partial charge in [-0.15, -0.1) is 0 Å². The van der Waals surface area contributed by atoms with Crippen LogP contribution in [0, 0.1) is 0 Å². The molecule has 0 radical (unpaired) electrons. The van der Waals surface area contributed by atoms with Crippen molar-refractivity contribution in [2.45, 2.75) is 81.2 Å². The van der Waals surface area contributed by atoms with Crippen LogP contribution in [0.15, 0.2) is 85.5 Å². The Balaban J connectivity index is 0.000000200. The molecule has 0 atom stereocenters. The summed E-state index contributed by atoms with van der Waals surface area (Å²) in [5.74, 6) is -1.56. The summed E-state index contributed by atoms with van der Waals surface area (Å²) >= 11 is 0. The first-order chi connectivity index (χ1) is 24.0. The maximum atomic E-state index is 12.2. The highest BCUT2D eigenvalue weighted by Gasteiger charge is 2.39. The van der Waals surface area contributed by atoms with Crippen molar-refractivity contribution in [3.8, 4) is 0 Å². The summed E-state index contributed by atoms with van der Waals surface area (Å²) in [6.07, 6.45) is 11.4. The maximum absolute atomic E-state index is 12.2. The third-order valence-corrected chi connectivity index (χ3v) is 9.79. The summed E-state index contributed by atoms with van der Waals surface area (Å²) in [5, 5.41) is 1.55. The highest BCUT2D eigenvalue weighted by Crippen LogP contribution is 2.44. The number of rotatable bonds is 11. The van der Waals surface area contributed by atoms with E-state index in [1.54, 1.807) is 17.7 Å². The summed E-state index contributed by atoms with van der Waals surface area (Å²) in [5.41, 5.74) is 8.64. The monoisotopic (exact) mass is 686 g/mol. The van der Waals surface area contributed by atoms with E-state index in [4.69, 9.17) is 5.73 Å². The van der Waals surface area contributed by atoms with Crippen molar-refractivity contribution >= 4 is 17.5 Å². The Kier molecular flexibility index (Phi) is 11.8. The molecule has 0 bridgehead atoms. The molecule has 0 saturated heterocycles. The number of halogens is 3. The Morgan fingerprint density at radius 2 is 1.02 bits per heavy atom. The van der Waals surface area contributed by atoms with Crippen molar-refractivity contribution in [2.24, 2.45) is 5.73 Å². The lowest BCUT2D eigenvalue weighted by atomic mass is 9.76. The van der Waals surface area contributed by atoms with Crippen LogP contribution < -0.4 is 11.1 Å². The number of amides is 1. The van der Waals surface area contributed by atoms with E-state index in [1.807, 2.05) is 18.2 Å². The van der Waals surface area contributed by atoms with Crippen molar-refractivity contribution in [2.75, 3.05) is 13.1 Å². The Bertz CT molecular complexity index is 1720. The molecule has 2 fully saturated rings. The number of nitrogens with one attached hydrogen (secondary N) is 1. The van der Waals surface area contributed by atoms with Crippen LogP contribution in [0.5, 0.6) is 0 Å². The normalized spacial score (nSPS) is 16.2. The fourth-order valence-corrected chi connectivity index (χ4v) is 7.09. The van der Waals surface area contributed by atoms with E-state index in [0.29, 0.717) is 17.8 Å². The number of hydrogen-bond acceptors (Lipinski definition) is 8. The van der Waals surface area contributed by atoms with Crippen LogP contribution in [0.2, 0.25) is 0 Å². The minimum Gasteiger partial charge on any atom is -0.341 e. The average Bonchev–Trinajstić information content (AvgIpc) is 3.83. The van der Waals surface area contributed by atoms with Crippen molar-refractivity contribution in [1.29, 1.82) is 0 Å². The molecule has 12 heteroatoms. The van der Waals surface area contributed by atoms with Crippen LogP contribution in [-0.2, 0) is 28.5 Å². The number of carbonyl (C=O) groups is 3. The smallest absolute Gasteiger partial charge is 0.341 e. The summed E-state index contributed by atoms with van der Waals surface area (Å²) in [7, 11) is 0. The number of nitrogens with zero attached hydrogens (tertiary/aromatic N) is 4. The average molecular weight is 687 g/mol.